The van der Waals surface area contributed by atoms with Gasteiger partial charge in [-0.25, -0.2) is 4.98 Å². The summed E-state index contributed by atoms with van der Waals surface area (Å²) >= 11 is 4.44. The molecule has 1 fully saturated rings. The number of rotatable bonds is 8. The molecule has 1 aliphatic rings. The maximum Gasteiger partial charge on any atom is 0.0945 e. The van der Waals surface area contributed by atoms with E-state index in [-0.39, 0.29) is 0 Å². The lowest BCUT2D eigenvalue weighted by atomic mass is 10.0. The zero-order chi connectivity index (χ0) is 17.5. The van der Waals surface area contributed by atoms with Crippen LogP contribution in [0.5, 0.6) is 0 Å². The lowest BCUT2D eigenvalue weighted by molar-refractivity contribution is 0.555. The van der Waals surface area contributed by atoms with Crippen LogP contribution in [0, 0.1) is 5.92 Å². The minimum absolute atomic E-state index is 0.360. The summed E-state index contributed by atoms with van der Waals surface area (Å²) in [6, 6.07) is 9.24. The van der Waals surface area contributed by atoms with Crippen molar-refractivity contribution in [1.82, 2.24) is 9.55 Å². The first kappa shape index (κ1) is 18.9. The SMILES string of the molecule is CCc1ccc(CCC2(CCn3ccnc3)SCC(CC)CS2)cc1. The average Bonchev–Trinajstić information content (AvgIpc) is 3.20. The van der Waals surface area contributed by atoms with Crippen molar-refractivity contribution >= 4 is 23.5 Å². The van der Waals surface area contributed by atoms with Gasteiger partial charge >= 0.3 is 0 Å². The van der Waals surface area contributed by atoms with E-state index in [0.29, 0.717) is 4.08 Å². The van der Waals surface area contributed by atoms with Crippen LogP contribution in [0.15, 0.2) is 43.0 Å². The van der Waals surface area contributed by atoms with Crippen LogP contribution in [-0.2, 0) is 19.4 Å². The Hall–Kier alpha value is -0.870. The fourth-order valence-electron chi connectivity index (χ4n) is 3.27. The molecule has 2 heterocycles. The van der Waals surface area contributed by atoms with Crippen molar-refractivity contribution < 1.29 is 0 Å². The standard InChI is InChI=1S/C21H30N2S2/c1-3-18-5-7-20(8-6-18)9-10-21(11-13-23-14-12-22-17-23)24-15-19(4-2)16-25-21/h5-8,12,14,17,19H,3-4,9-11,13,15-16H2,1-2H3. The van der Waals surface area contributed by atoms with Gasteiger partial charge in [-0.15, -0.1) is 23.5 Å². The fraction of sp³-hybridized carbons (Fsp3) is 0.571. The Kier molecular flexibility index (Phi) is 6.94. The van der Waals surface area contributed by atoms with Crippen LogP contribution in [0.3, 0.4) is 0 Å². The van der Waals surface area contributed by atoms with Gasteiger partial charge in [0.1, 0.15) is 0 Å². The molecular weight excluding hydrogens is 344 g/mol. The second-order valence-electron chi connectivity index (χ2n) is 7.03. The molecule has 0 unspecified atom stereocenters. The largest absolute Gasteiger partial charge is 0.337 e. The van der Waals surface area contributed by atoms with Gasteiger partial charge in [-0.2, -0.15) is 0 Å². The van der Waals surface area contributed by atoms with E-state index >= 15 is 0 Å². The third-order valence-corrected chi connectivity index (χ3v) is 9.13. The molecule has 1 aliphatic heterocycles. The van der Waals surface area contributed by atoms with Crippen molar-refractivity contribution in [2.45, 2.75) is 56.6 Å². The summed E-state index contributed by atoms with van der Waals surface area (Å²) in [6.07, 6.45) is 12.0. The Labute approximate surface area is 161 Å². The number of thioether (sulfide) groups is 2. The summed E-state index contributed by atoms with van der Waals surface area (Å²) in [5.74, 6) is 3.53. The van der Waals surface area contributed by atoms with Gasteiger partial charge in [-0.1, -0.05) is 44.5 Å². The van der Waals surface area contributed by atoms with Crippen LogP contribution in [0.4, 0.5) is 0 Å². The summed E-state index contributed by atoms with van der Waals surface area (Å²) in [4.78, 5) is 4.19. The van der Waals surface area contributed by atoms with Gasteiger partial charge in [0.25, 0.3) is 0 Å². The highest BCUT2D eigenvalue weighted by molar-refractivity contribution is 8.18. The molecule has 1 saturated heterocycles. The highest BCUT2D eigenvalue weighted by Gasteiger charge is 2.35. The number of imidazole rings is 1. The van der Waals surface area contributed by atoms with Crippen LogP contribution in [-0.4, -0.2) is 25.1 Å². The van der Waals surface area contributed by atoms with E-state index in [4.69, 9.17) is 0 Å². The highest BCUT2D eigenvalue weighted by Crippen LogP contribution is 2.50. The third-order valence-electron chi connectivity index (χ3n) is 5.28. The molecule has 0 N–H and O–H groups in total. The van der Waals surface area contributed by atoms with Gasteiger partial charge < -0.3 is 4.57 Å². The molecule has 2 nitrogen and oxygen atoms in total. The summed E-state index contributed by atoms with van der Waals surface area (Å²) < 4.78 is 2.59. The molecule has 0 saturated carbocycles. The molecular formula is C21H30N2S2. The zero-order valence-electron chi connectivity index (χ0n) is 15.5. The molecule has 0 amide bonds. The van der Waals surface area contributed by atoms with E-state index in [0.717, 1.165) is 18.9 Å². The molecule has 1 aromatic heterocycles. The summed E-state index contributed by atoms with van der Waals surface area (Å²) in [5.41, 5.74) is 2.92. The van der Waals surface area contributed by atoms with Gasteiger partial charge in [0.05, 0.1) is 10.4 Å². The lowest BCUT2D eigenvalue weighted by Gasteiger charge is -2.39. The highest BCUT2D eigenvalue weighted by atomic mass is 32.2. The minimum Gasteiger partial charge on any atom is -0.337 e. The first-order valence-electron chi connectivity index (χ1n) is 9.54. The van der Waals surface area contributed by atoms with Gasteiger partial charge in [0, 0.05) is 18.9 Å². The molecule has 0 spiro atoms. The molecule has 0 bridgehead atoms. The predicted octanol–water partition coefficient (Wildman–Crippen LogP) is 5.67. The number of benzene rings is 1. The topological polar surface area (TPSA) is 17.8 Å². The molecule has 2 aromatic rings. The Morgan fingerprint density at radius 1 is 1.08 bits per heavy atom. The smallest absolute Gasteiger partial charge is 0.0945 e. The predicted molar refractivity (Wildman–Crippen MR) is 112 cm³/mol. The van der Waals surface area contributed by atoms with Gasteiger partial charge in [-0.3, -0.25) is 0 Å². The second kappa shape index (κ2) is 9.18. The molecule has 25 heavy (non-hydrogen) atoms. The van der Waals surface area contributed by atoms with Crippen LogP contribution in [0.25, 0.3) is 0 Å². The summed E-state index contributed by atoms with van der Waals surface area (Å²) in [5, 5.41) is 0. The van der Waals surface area contributed by atoms with E-state index in [1.165, 1.54) is 48.3 Å². The van der Waals surface area contributed by atoms with Crippen LogP contribution in [0.1, 0.15) is 44.2 Å². The van der Waals surface area contributed by atoms with Crippen molar-refractivity contribution in [3.05, 3.63) is 54.1 Å². The first-order chi connectivity index (χ1) is 12.2. The van der Waals surface area contributed by atoms with E-state index in [1.807, 2.05) is 12.5 Å². The minimum atomic E-state index is 0.360. The number of aromatic nitrogens is 2. The molecule has 0 atom stereocenters. The number of hydrogen-bond acceptors (Lipinski definition) is 3. The van der Waals surface area contributed by atoms with Crippen molar-refractivity contribution in [2.75, 3.05) is 11.5 Å². The van der Waals surface area contributed by atoms with E-state index in [9.17, 15) is 0 Å². The van der Waals surface area contributed by atoms with Crippen molar-refractivity contribution in [2.24, 2.45) is 5.92 Å². The third kappa shape index (κ3) is 5.30. The number of nitrogens with zero attached hydrogens (tertiary/aromatic N) is 2. The van der Waals surface area contributed by atoms with Crippen LogP contribution in [0.2, 0.25) is 0 Å². The fourth-order valence-corrected chi connectivity index (χ4v) is 6.91. The molecule has 4 heteroatoms. The summed E-state index contributed by atoms with van der Waals surface area (Å²) in [7, 11) is 0. The molecule has 1 aromatic carbocycles. The maximum absolute atomic E-state index is 4.19. The van der Waals surface area contributed by atoms with E-state index in [1.54, 1.807) is 0 Å². The second-order valence-corrected chi connectivity index (χ2v) is 10.1. The van der Waals surface area contributed by atoms with E-state index < -0.39 is 0 Å². The van der Waals surface area contributed by atoms with E-state index in [2.05, 4.69) is 77.4 Å². The quantitative estimate of drug-likeness (QED) is 0.593. The van der Waals surface area contributed by atoms with Gasteiger partial charge in [0.2, 0.25) is 0 Å². The van der Waals surface area contributed by atoms with Crippen molar-refractivity contribution in [3.63, 3.8) is 0 Å². The Balaban J connectivity index is 1.62. The van der Waals surface area contributed by atoms with Gasteiger partial charge in [-0.05, 0) is 54.2 Å². The molecule has 0 aliphatic carbocycles. The van der Waals surface area contributed by atoms with Crippen LogP contribution >= 0.6 is 23.5 Å². The average molecular weight is 375 g/mol. The van der Waals surface area contributed by atoms with Crippen molar-refractivity contribution in [1.29, 1.82) is 0 Å². The molecule has 136 valence electrons. The van der Waals surface area contributed by atoms with Gasteiger partial charge in [0.15, 0.2) is 0 Å². The Morgan fingerprint density at radius 2 is 1.80 bits per heavy atom. The zero-order valence-corrected chi connectivity index (χ0v) is 17.1. The monoisotopic (exact) mass is 374 g/mol. The number of hydrogen-bond donors (Lipinski definition) is 0. The lowest BCUT2D eigenvalue weighted by Crippen LogP contribution is -2.31. The van der Waals surface area contributed by atoms with Crippen molar-refractivity contribution in [3.8, 4) is 0 Å². The summed E-state index contributed by atoms with van der Waals surface area (Å²) in [6.45, 7) is 5.63. The first-order valence-corrected chi connectivity index (χ1v) is 11.5. The molecule has 0 radical (unpaired) electrons. The number of aryl methyl sites for hydroxylation is 3. The maximum atomic E-state index is 4.19. The Morgan fingerprint density at radius 3 is 2.40 bits per heavy atom. The molecule has 3 rings (SSSR count). The van der Waals surface area contributed by atoms with Crippen LogP contribution < -0.4 is 0 Å². The Bertz CT molecular complexity index is 614. The normalized spacial score (nSPS) is 23.7.